The number of rotatable bonds is 6. The van der Waals surface area contributed by atoms with Crippen LogP contribution in [0.5, 0.6) is 0 Å². The Labute approximate surface area is 125 Å². The molecule has 0 aromatic heterocycles. The van der Waals surface area contributed by atoms with Crippen LogP contribution in [0, 0.1) is 5.82 Å². The maximum absolute atomic E-state index is 14.1. The fourth-order valence-corrected chi connectivity index (χ4v) is 2.84. The van der Waals surface area contributed by atoms with Crippen molar-refractivity contribution in [2.24, 2.45) is 0 Å². The molecule has 4 heteroatoms. The van der Waals surface area contributed by atoms with Crippen LogP contribution in [0.3, 0.4) is 0 Å². The lowest BCUT2D eigenvalue weighted by molar-refractivity contribution is 0.00486. The van der Waals surface area contributed by atoms with Gasteiger partial charge < -0.3 is 10.1 Å². The summed E-state index contributed by atoms with van der Waals surface area (Å²) in [5, 5.41) is 3.87. The third-order valence-electron chi connectivity index (χ3n) is 3.75. The van der Waals surface area contributed by atoms with Crippen LogP contribution >= 0.6 is 11.6 Å². The van der Waals surface area contributed by atoms with Gasteiger partial charge in [0.25, 0.3) is 0 Å². The molecular formula is C16H23ClFNO. The largest absolute Gasteiger partial charge is 0.378 e. The Balaban J connectivity index is 2.08. The van der Waals surface area contributed by atoms with Gasteiger partial charge in [0.05, 0.1) is 6.10 Å². The summed E-state index contributed by atoms with van der Waals surface area (Å²) >= 11 is 5.83. The average Bonchev–Trinajstić information content (AvgIpc) is 2.45. The van der Waals surface area contributed by atoms with Crippen molar-refractivity contribution in [3.05, 3.63) is 34.6 Å². The molecule has 0 bridgehead atoms. The molecule has 0 aliphatic carbocycles. The fraction of sp³-hybridized carbons (Fsp3) is 0.625. The summed E-state index contributed by atoms with van der Waals surface area (Å²) in [6.07, 6.45) is 5.48. The van der Waals surface area contributed by atoms with E-state index >= 15 is 0 Å². The number of hydrogen-bond acceptors (Lipinski definition) is 2. The number of halogens is 2. The molecule has 2 rings (SSSR count). The molecule has 1 N–H and O–H groups in total. The highest BCUT2D eigenvalue weighted by molar-refractivity contribution is 6.30. The average molecular weight is 300 g/mol. The van der Waals surface area contributed by atoms with Crippen molar-refractivity contribution in [2.45, 2.75) is 51.2 Å². The number of hydrogen-bond donors (Lipinski definition) is 1. The molecule has 112 valence electrons. The Morgan fingerprint density at radius 3 is 2.95 bits per heavy atom. The fourth-order valence-electron chi connectivity index (χ4n) is 2.68. The van der Waals surface area contributed by atoms with Crippen molar-refractivity contribution >= 4 is 11.6 Å². The van der Waals surface area contributed by atoms with Crippen molar-refractivity contribution in [1.29, 1.82) is 0 Å². The first kappa shape index (κ1) is 15.7. The maximum atomic E-state index is 14.1. The molecule has 2 nitrogen and oxygen atoms in total. The maximum Gasteiger partial charge on any atom is 0.129 e. The van der Waals surface area contributed by atoms with Crippen molar-refractivity contribution in [3.63, 3.8) is 0 Å². The third kappa shape index (κ3) is 4.44. The zero-order valence-electron chi connectivity index (χ0n) is 12.0. The van der Waals surface area contributed by atoms with Gasteiger partial charge >= 0.3 is 0 Å². The van der Waals surface area contributed by atoms with Crippen molar-refractivity contribution in [3.8, 4) is 0 Å². The predicted molar refractivity (Wildman–Crippen MR) is 80.7 cm³/mol. The molecule has 1 saturated heterocycles. The monoisotopic (exact) mass is 299 g/mol. The van der Waals surface area contributed by atoms with Crippen LogP contribution in [0.2, 0.25) is 5.02 Å². The van der Waals surface area contributed by atoms with Crippen LogP contribution < -0.4 is 5.32 Å². The SMILES string of the molecule is CCCNC(CC1CCCCO1)c1ccc(Cl)cc1F. The highest BCUT2D eigenvalue weighted by atomic mass is 35.5. The molecule has 20 heavy (non-hydrogen) atoms. The summed E-state index contributed by atoms with van der Waals surface area (Å²) in [6, 6.07) is 4.92. The second-order valence-corrected chi connectivity index (χ2v) is 5.83. The highest BCUT2D eigenvalue weighted by Crippen LogP contribution is 2.28. The van der Waals surface area contributed by atoms with Gasteiger partial charge in [-0.3, -0.25) is 0 Å². The minimum absolute atomic E-state index is 0.00434. The van der Waals surface area contributed by atoms with E-state index in [0.717, 1.165) is 38.8 Å². The topological polar surface area (TPSA) is 21.3 Å². The summed E-state index contributed by atoms with van der Waals surface area (Å²) in [7, 11) is 0. The van der Waals surface area contributed by atoms with Crippen molar-refractivity contribution < 1.29 is 9.13 Å². The normalized spacial score (nSPS) is 20.9. The van der Waals surface area contributed by atoms with Crippen LogP contribution in [0.4, 0.5) is 4.39 Å². The van der Waals surface area contributed by atoms with E-state index in [0.29, 0.717) is 10.6 Å². The summed E-state index contributed by atoms with van der Waals surface area (Å²) in [4.78, 5) is 0. The van der Waals surface area contributed by atoms with Crippen LogP contribution in [0.25, 0.3) is 0 Å². The van der Waals surface area contributed by atoms with E-state index in [1.165, 1.54) is 12.5 Å². The smallest absolute Gasteiger partial charge is 0.129 e. The zero-order chi connectivity index (χ0) is 14.4. The number of ether oxygens (including phenoxy) is 1. The first-order valence-electron chi connectivity index (χ1n) is 7.50. The van der Waals surface area contributed by atoms with Gasteiger partial charge in [0, 0.05) is 23.2 Å². The Bertz CT molecular complexity index is 421. The number of benzene rings is 1. The molecule has 0 spiro atoms. The lowest BCUT2D eigenvalue weighted by Gasteiger charge is -2.28. The first-order valence-corrected chi connectivity index (χ1v) is 7.88. The summed E-state index contributed by atoms with van der Waals surface area (Å²) in [6.45, 7) is 3.81. The Morgan fingerprint density at radius 1 is 1.45 bits per heavy atom. The molecule has 0 amide bonds. The lowest BCUT2D eigenvalue weighted by atomic mass is 9.96. The molecule has 1 aromatic rings. The van der Waals surface area contributed by atoms with E-state index in [2.05, 4.69) is 12.2 Å². The molecule has 2 unspecified atom stereocenters. The summed E-state index contributed by atoms with van der Waals surface area (Å²) in [5.74, 6) is -0.234. The molecule has 0 saturated carbocycles. The van der Waals surface area contributed by atoms with Gasteiger partial charge in [0.15, 0.2) is 0 Å². The molecule has 1 aliphatic heterocycles. The molecular weight excluding hydrogens is 277 g/mol. The van der Waals surface area contributed by atoms with E-state index in [4.69, 9.17) is 16.3 Å². The van der Waals surface area contributed by atoms with Crippen LogP contribution in [-0.4, -0.2) is 19.3 Å². The van der Waals surface area contributed by atoms with Crippen LogP contribution in [0.15, 0.2) is 18.2 Å². The van der Waals surface area contributed by atoms with E-state index in [1.54, 1.807) is 12.1 Å². The van der Waals surface area contributed by atoms with Crippen molar-refractivity contribution in [2.75, 3.05) is 13.2 Å². The molecule has 2 atom stereocenters. The van der Waals surface area contributed by atoms with Gasteiger partial charge in [-0.15, -0.1) is 0 Å². The lowest BCUT2D eigenvalue weighted by Crippen LogP contribution is -2.29. The Kier molecular flexibility index (Phi) is 6.27. The number of nitrogens with one attached hydrogen (secondary N) is 1. The van der Waals surface area contributed by atoms with Crippen LogP contribution in [0.1, 0.15) is 50.6 Å². The van der Waals surface area contributed by atoms with E-state index in [1.807, 2.05) is 0 Å². The van der Waals surface area contributed by atoms with E-state index < -0.39 is 0 Å². The minimum Gasteiger partial charge on any atom is -0.378 e. The highest BCUT2D eigenvalue weighted by Gasteiger charge is 2.22. The third-order valence-corrected chi connectivity index (χ3v) is 3.99. The van der Waals surface area contributed by atoms with Gasteiger partial charge in [-0.05, 0) is 50.8 Å². The minimum atomic E-state index is -0.234. The molecule has 1 heterocycles. The zero-order valence-corrected chi connectivity index (χ0v) is 12.8. The quantitative estimate of drug-likeness (QED) is 0.836. The van der Waals surface area contributed by atoms with Gasteiger partial charge in [0.1, 0.15) is 5.82 Å². The predicted octanol–water partition coefficient (Wildman–Crippen LogP) is 4.48. The van der Waals surface area contributed by atoms with Crippen LogP contribution in [-0.2, 0) is 4.74 Å². The standard InChI is InChI=1S/C16H23ClFNO/c1-2-8-19-16(11-13-5-3-4-9-20-13)14-7-6-12(17)10-15(14)18/h6-7,10,13,16,19H,2-5,8-9,11H2,1H3. The second-order valence-electron chi connectivity index (χ2n) is 5.40. The Morgan fingerprint density at radius 2 is 2.30 bits per heavy atom. The van der Waals surface area contributed by atoms with Crippen molar-refractivity contribution in [1.82, 2.24) is 5.32 Å². The molecule has 1 aromatic carbocycles. The van der Waals surface area contributed by atoms with Gasteiger partial charge in [-0.25, -0.2) is 4.39 Å². The van der Waals surface area contributed by atoms with Gasteiger partial charge in [0.2, 0.25) is 0 Å². The van der Waals surface area contributed by atoms with E-state index in [9.17, 15) is 4.39 Å². The summed E-state index contributed by atoms with van der Waals surface area (Å²) in [5.41, 5.74) is 0.692. The van der Waals surface area contributed by atoms with E-state index in [-0.39, 0.29) is 18.0 Å². The first-order chi connectivity index (χ1) is 9.70. The second kappa shape index (κ2) is 7.96. The van der Waals surface area contributed by atoms with Gasteiger partial charge in [-0.1, -0.05) is 24.6 Å². The molecule has 0 radical (unpaired) electrons. The molecule has 1 aliphatic rings. The molecule has 1 fully saturated rings. The Hall–Kier alpha value is -0.640. The summed E-state index contributed by atoms with van der Waals surface area (Å²) < 4.78 is 19.9. The van der Waals surface area contributed by atoms with Gasteiger partial charge in [-0.2, -0.15) is 0 Å².